The molecule has 0 spiro atoms. The van der Waals surface area contributed by atoms with Crippen LogP contribution >= 0.6 is 15.9 Å². The van der Waals surface area contributed by atoms with Gasteiger partial charge in [0.15, 0.2) is 0 Å². The van der Waals surface area contributed by atoms with Crippen LogP contribution in [-0.2, 0) is 19.3 Å². The zero-order valence-electron chi connectivity index (χ0n) is 19.0. The number of aryl methyl sites for hydroxylation is 1. The lowest BCUT2D eigenvalue weighted by atomic mass is 9.86. The van der Waals surface area contributed by atoms with Gasteiger partial charge < -0.3 is 15.5 Å². The van der Waals surface area contributed by atoms with Crippen LogP contribution in [0.5, 0.6) is 0 Å². The van der Waals surface area contributed by atoms with E-state index in [4.69, 9.17) is 9.97 Å². The van der Waals surface area contributed by atoms with Gasteiger partial charge in [-0.3, -0.25) is 0 Å². The monoisotopic (exact) mass is 485 g/mol. The van der Waals surface area contributed by atoms with Crippen molar-refractivity contribution in [2.24, 2.45) is 5.92 Å². The fourth-order valence-corrected chi connectivity index (χ4v) is 5.16. The molecule has 0 saturated heterocycles. The largest absolute Gasteiger partial charge is 0.362 e. The van der Waals surface area contributed by atoms with Crippen LogP contribution in [-0.4, -0.2) is 43.2 Å². The van der Waals surface area contributed by atoms with Gasteiger partial charge in [-0.05, 0) is 94.5 Å². The van der Waals surface area contributed by atoms with Crippen molar-refractivity contribution in [3.8, 4) is 0 Å². The van der Waals surface area contributed by atoms with Crippen LogP contribution in [0.4, 0.5) is 11.8 Å². The minimum Gasteiger partial charge on any atom is -0.362 e. The van der Waals surface area contributed by atoms with E-state index in [0.717, 1.165) is 54.5 Å². The molecule has 0 amide bonds. The van der Waals surface area contributed by atoms with E-state index in [2.05, 4.69) is 69.8 Å². The quantitative estimate of drug-likeness (QED) is 0.515. The third-order valence-electron chi connectivity index (χ3n) is 6.70. The van der Waals surface area contributed by atoms with Gasteiger partial charge in [0.25, 0.3) is 0 Å². The van der Waals surface area contributed by atoms with Crippen LogP contribution in [0.2, 0.25) is 0 Å². The molecule has 1 saturated carbocycles. The van der Waals surface area contributed by atoms with Crippen molar-refractivity contribution in [1.29, 1.82) is 0 Å². The summed E-state index contributed by atoms with van der Waals surface area (Å²) < 4.78 is 1.15. The molecule has 0 aliphatic heterocycles. The first-order chi connectivity index (χ1) is 15.1. The molecule has 168 valence electrons. The van der Waals surface area contributed by atoms with E-state index < -0.39 is 0 Å². The Balaban J connectivity index is 1.22. The number of fused-ring (bicyclic) bond motifs is 1. The first-order valence-electron chi connectivity index (χ1n) is 11.9. The lowest BCUT2D eigenvalue weighted by Gasteiger charge is -2.30. The minimum absolute atomic E-state index is 0.496. The number of rotatable bonds is 8. The smallest absolute Gasteiger partial charge is 0.225 e. The Hall–Kier alpha value is -1.66. The molecule has 0 radical (unpaired) electrons. The molecule has 2 aliphatic carbocycles. The van der Waals surface area contributed by atoms with E-state index in [1.165, 1.54) is 55.3 Å². The summed E-state index contributed by atoms with van der Waals surface area (Å²) in [5.74, 6) is 2.72. The van der Waals surface area contributed by atoms with E-state index in [0.29, 0.717) is 6.04 Å². The zero-order valence-corrected chi connectivity index (χ0v) is 20.5. The average Bonchev–Trinajstić information content (AvgIpc) is 2.78. The Bertz CT molecular complexity index is 844. The average molecular weight is 487 g/mol. The molecule has 0 atom stereocenters. The Morgan fingerprint density at radius 1 is 1.00 bits per heavy atom. The molecular weight excluding hydrogens is 450 g/mol. The molecule has 2 N–H and O–H groups in total. The van der Waals surface area contributed by atoms with Gasteiger partial charge in [0.05, 0.1) is 5.69 Å². The van der Waals surface area contributed by atoms with E-state index >= 15 is 0 Å². The lowest BCUT2D eigenvalue weighted by molar-refractivity contribution is 0.325. The first kappa shape index (κ1) is 22.5. The Morgan fingerprint density at radius 2 is 1.74 bits per heavy atom. The minimum atomic E-state index is 0.496. The summed E-state index contributed by atoms with van der Waals surface area (Å²) in [6.07, 6.45) is 10.8. The maximum absolute atomic E-state index is 4.90. The summed E-state index contributed by atoms with van der Waals surface area (Å²) in [7, 11) is 4.19. The number of halogens is 1. The number of anilines is 2. The van der Waals surface area contributed by atoms with E-state index in [1.807, 2.05) is 0 Å². The maximum Gasteiger partial charge on any atom is 0.225 e. The summed E-state index contributed by atoms with van der Waals surface area (Å²) in [5.41, 5.74) is 4.02. The molecule has 0 bridgehead atoms. The number of nitrogens with zero attached hydrogens (tertiary/aromatic N) is 3. The van der Waals surface area contributed by atoms with E-state index in [1.54, 1.807) is 0 Å². The van der Waals surface area contributed by atoms with Gasteiger partial charge >= 0.3 is 0 Å². The van der Waals surface area contributed by atoms with Gasteiger partial charge in [-0.2, -0.15) is 4.98 Å². The van der Waals surface area contributed by atoms with Crippen LogP contribution < -0.4 is 15.5 Å². The van der Waals surface area contributed by atoms with E-state index in [9.17, 15) is 0 Å². The Morgan fingerprint density at radius 3 is 2.48 bits per heavy atom. The Kier molecular flexibility index (Phi) is 7.83. The molecule has 6 heteroatoms. The van der Waals surface area contributed by atoms with Gasteiger partial charge in [-0.15, -0.1) is 0 Å². The molecule has 31 heavy (non-hydrogen) atoms. The van der Waals surface area contributed by atoms with Crippen LogP contribution in [0.3, 0.4) is 0 Å². The van der Waals surface area contributed by atoms with Crippen molar-refractivity contribution in [2.75, 3.05) is 37.4 Å². The molecule has 1 aromatic carbocycles. The standard InChI is InChI=1S/C25H36BrN5/c1-31(2)24-22-5-3-4-6-23(22)29-25(30-24)28-21-13-9-19(10-14-21)17-27-16-15-18-7-11-20(26)12-8-18/h7-8,11-12,19,21,27H,3-6,9-10,13-17H2,1-2H3,(H,28,29,30)/t19-,21+. The second kappa shape index (κ2) is 10.8. The second-order valence-electron chi connectivity index (χ2n) is 9.34. The summed E-state index contributed by atoms with van der Waals surface area (Å²) in [5, 5.41) is 7.34. The molecule has 1 fully saturated rings. The lowest BCUT2D eigenvalue weighted by Crippen LogP contribution is -2.32. The predicted octanol–water partition coefficient (Wildman–Crippen LogP) is 4.99. The normalized spacial score (nSPS) is 20.9. The van der Waals surface area contributed by atoms with Gasteiger partial charge in [-0.25, -0.2) is 4.98 Å². The topological polar surface area (TPSA) is 53.1 Å². The fraction of sp³-hybridized carbons (Fsp3) is 0.600. The summed E-state index contributed by atoms with van der Waals surface area (Å²) in [6.45, 7) is 2.18. The number of benzene rings is 1. The molecular formula is C25H36BrN5. The zero-order chi connectivity index (χ0) is 21.6. The van der Waals surface area contributed by atoms with Gasteiger partial charge in [0, 0.05) is 30.2 Å². The summed E-state index contributed by atoms with van der Waals surface area (Å²) in [6, 6.07) is 9.14. The predicted molar refractivity (Wildman–Crippen MR) is 133 cm³/mol. The van der Waals surface area contributed by atoms with Gasteiger partial charge in [0.1, 0.15) is 5.82 Å². The molecule has 2 aliphatic rings. The van der Waals surface area contributed by atoms with Gasteiger partial charge in [0.2, 0.25) is 5.95 Å². The third-order valence-corrected chi connectivity index (χ3v) is 7.23. The summed E-state index contributed by atoms with van der Waals surface area (Å²) >= 11 is 3.50. The van der Waals surface area contributed by atoms with Crippen LogP contribution in [0, 0.1) is 5.92 Å². The third kappa shape index (κ3) is 6.19. The highest BCUT2D eigenvalue weighted by molar-refractivity contribution is 9.10. The van der Waals surface area contributed by atoms with E-state index in [-0.39, 0.29) is 0 Å². The van der Waals surface area contributed by atoms with Crippen molar-refractivity contribution in [1.82, 2.24) is 15.3 Å². The molecule has 0 unspecified atom stereocenters. The van der Waals surface area contributed by atoms with Crippen LogP contribution in [0.1, 0.15) is 55.3 Å². The molecule has 1 aromatic heterocycles. The van der Waals surface area contributed by atoms with Crippen molar-refractivity contribution < 1.29 is 0 Å². The number of nitrogens with one attached hydrogen (secondary N) is 2. The number of hydrogen-bond donors (Lipinski definition) is 2. The second-order valence-corrected chi connectivity index (χ2v) is 10.3. The fourth-order valence-electron chi connectivity index (χ4n) is 4.89. The van der Waals surface area contributed by atoms with Crippen molar-refractivity contribution in [2.45, 2.75) is 63.8 Å². The molecule has 2 aromatic rings. The van der Waals surface area contributed by atoms with Crippen molar-refractivity contribution in [3.63, 3.8) is 0 Å². The first-order valence-corrected chi connectivity index (χ1v) is 12.7. The highest BCUT2D eigenvalue weighted by atomic mass is 79.9. The molecule has 1 heterocycles. The molecule has 5 nitrogen and oxygen atoms in total. The van der Waals surface area contributed by atoms with Crippen molar-refractivity contribution in [3.05, 3.63) is 45.6 Å². The summed E-state index contributed by atoms with van der Waals surface area (Å²) in [4.78, 5) is 11.9. The highest BCUT2D eigenvalue weighted by Gasteiger charge is 2.23. The van der Waals surface area contributed by atoms with Gasteiger partial charge in [-0.1, -0.05) is 28.1 Å². The van der Waals surface area contributed by atoms with Crippen LogP contribution in [0.15, 0.2) is 28.7 Å². The number of aromatic nitrogens is 2. The SMILES string of the molecule is CN(C)c1nc(N[C@H]2CC[C@@H](CNCCc3ccc(Br)cc3)CC2)nc2c1CCCC2. The number of hydrogen-bond acceptors (Lipinski definition) is 5. The highest BCUT2D eigenvalue weighted by Crippen LogP contribution is 2.30. The Labute approximate surface area is 195 Å². The van der Waals surface area contributed by atoms with Crippen LogP contribution in [0.25, 0.3) is 0 Å². The molecule has 4 rings (SSSR count). The maximum atomic E-state index is 4.90. The van der Waals surface area contributed by atoms with Crippen molar-refractivity contribution >= 4 is 27.7 Å².